The van der Waals surface area contributed by atoms with Crippen LogP contribution in [-0.2, 0) is 11.2 Å². The number of ether oxygens (including phenoxy) is 1. The van der Waals surface area contributed by atoms with E-state index in [2.05, 4.69) is 28.9 Å². The maximum absolute atomic E-state index is 12.5. The van der Waals surface area contributed by atoms with Gasteiger partial charge in [0.1, 0.15) is 5.75 Å². The lowest BCUT2D eigenvalue weighted by Crippen LogP contribution is -2.39. The van der Waals surface area contributed by atoms with Gasteiger partial charge in [0.15, 0.2) is 6.61 Å². The Labute approximate surface area is 143 Å². The molecule has 1 aliphatic heterocycles. The number of anilines is 1. The molecule has 1 amide bonds. The van der Waals surface area contributed by atoms with Gasteiger partial charge in [0.05, 0.1) is 4.47 Å². The first-order chi connectivity index (χ1) is 10.6. The van der Waals surface area contributed by atoms with Crippen LogP contribution in [0.5, 0.6) is 5.75 Å². The number of hydrogen-bond acceptors (Lipinski definition) is 2. The van der Waals surface area contributed by atoms with E-state index in [9.17, 15) is 4.79 Å². The van der Waals surface area contributed by atoms with Gasteiger partial charge in [0, 0.05) is 16.8 Å². The van der Waals surface area contributed by atoms with Crippen LogP contribution in [0, 0.1) is 0 Å². The lowest BCUT2D eigenvalue weighted by molar-refractivity contribution is -0.120. The van der Waals surface area contributed by atoms with Crippen molar-refractivity contribution in [1.82, 2.24) is 0 Å². The molecule has 1 aliphatic rings. The Morgan fingerprint density at radius 1 is 1.36 bits per heavy atom. The van der Waals surface area contributed by atoms with Crippen LogP contribution in [0.2, 0.25) is 5.02 Å². The Morgan fingerprint density at radius 2 is 2.14 bits per heavy atom. The van der Waals surface area contributed by atoms with Crippen LogP contribution in [-0.4, -0.2) is 18.6 Å². The van der Waals surface area contributed by atoms with Gasteiger partial charge in [-0.25, -0.2) is 0 Å². The zero-order valence-corrected chi connectivity index (χ0v) is 14.4. The smallest absolute Gasteiger partial charge is 0.265 e. The molecule has 2 aromatic rings. The summed E-state index contributed by atoms with van der Waals surface area (Å²) in [6, 6.07) is 13.4. The van der Waals surface area contributed by atoms with Crippen molar-refractivity contribution in [2.24, 2.45) is 0 Å². The zero-order chi connectivity index (χ0) is 15.7. The number of benzene rings is 2. The third-order valence-corrected chi connectivity index (χ3v) is 4.58. The largest absolute Gasteiger partial charge is 0.483 e. The van der Waals surface area contributed by atoms with E-state index in [0.717, 1.165) is 16.6 Å². The molecule has 3 nitrogen and oxygen atoms in total. The summed E-state index contributed by atoms with van der Waals surface area (Å²) in [4.78, 5) is 14.3. The molecule has 0 spiro atoms. The average molecular weight is 381 g/mol. The van der Waals surface area contributed by atoms with Crippen LogP contribution in [0.3, 0.4) is 0 Å². The highest BCUT2D eigenvalue weighted by molar-refractivity contribution is 9.10. The fourth-order valence-corrected chi connectivity index (χ4v) is 3.54. The van der Waals surface area contributed by atoms with Crippen LogP contribution in [0.4, 0.5) is 5.69 Å². The monoisotopic (exact) mass is 379 g/mol. The minimum absolute atomic E-state index is 0.00108. The molecule has 0 fully saturated rings. The van der Waals surface area contributed by atoms with E-state index in [1.165, 1.54) is 5.56 Å². The van der Waals surface area contributed by atoms with Gasteiger partial charge in [0.2, 0.25) is 0 Å². The molecule has 22 heavy (non-hydrogen) atoms. The molecule has 0 saturated heterocycles. The number of fused-ring (bicyclic) bond motifs is 1. The van der Waals surface area contributed by atoms with Gasteiger partial charge < -0.3 is 9.64 Å². The van der Waals surface area contributed by atoms with Crippen molar-refractivity contribution in [3.63, 3.8) is 0 Å². The minimum atomic E-state index is -0.0423. The van der Waals surface area contributed by atoms with Crippen molar-refractivity contribution >= 4 is 39.1 Å². The Hall–Kier alpha value is -1.52. The molecule has 0 bridgehead atoms. The molecular weight excluding hydrogens is 366 g/mol. The van der Waals surface area contributed by atoms with E-state index in [4.69, 9.17) is 16.3 Å². The van der Waals surface area contributed by atoms with Crippen molar-refractivity contribution in [3.8, 4) is 5.75 Å². The first kappa shape index (κ1) is 15.4. The van der Waals surface area contributed by atoms with Crippen LogP contribution in [0.15, 0.2) is 46.9 Å². The summed E-state index contributed by atoms with van der Waals surface area (Å²) >= 11 is 9.28. The summed E-state index contributed by atoms with van der Waals surface area (Å²) in [5.74, 6) is 0.567. The highest BCUT2D eigenvalue weighted by Crippen LogP contribution is 2.32. The van der Waals surface area contributed by atoms with Crippen LogP contribution in [0.1, 0.15) is 12.5 Å². The van der Waals surface area contributed by atoms with Gasteiger partial charge in [-0.15, -0.1) is 0 Å². The third kappa shape index (κ3) is 2.99. The molecule has 3 rings (SSSR count). The number of hydrogen-bond donors (Lipinski definition) is 0. The third-order valence-electron chi connectivity index (χ3n) is 3.72. The van der Waals surface area contributed by atoms with Crippen molar-refractivity contribution in [2.75, 3.05) is 11.5 Å². The van der Waals surface area contributed by atoms with E-state index in [1.807, 2.05) is 23.1 Å². The molecule has 0 radical (unpaired) electrons. The Morgan fingerprint density at radius 3 is 2.91 bits per heavy atom. The van der Waals surface area contributed by atoms with E-state index < -0.39 is 0 Å². The van der Waals surface area contributed by atoms with Gasteiger partial charge in [-0.3, -0.25) is 4.79 Å². The fraction of sp³-hybridized carbons (Fsp3) is 0.235. The molecule has 0 aliphatic carbocycles. The highest BCUT2D eigenvalue weighted by atomic mass is 79.9. The van der Waals surface area contributed by atoms with E-state index in [1.54, 1.807) is 18.2 Å². The molecule has 0 aromatic heterocycles. The van der Waals surface area contributed by atoms with Crippen LogP contribution in [0.25, 0.3) is 0 Å². The number of carbonyl (C=O) groups excluding carboxylic acids is 1. The van der Waals surface area contributed by atoms with Crippen molar-refractivity contribution in [1.29, 1.82) is 0 Å². The summed E-state index contributed by atoms with van der Waals surface area (Å²) in [5.41, 5.74) is 2.19. The second-order valence-corrected chi connectivity index (χ2v) is 6.60. The normalized spacial score (nSPS) is 16.5. The molecule has 5 heteroatoms. The lowest BCUT2D eigenvalue weighted by atomic mass is 10.1. The molecule has 1 heterocycles. The SMILES string of the molecule is CC1Cc2ccccc2N1C(=O)COc1ccc(Cl)cc1Br. The summed E-state index contributed by atoms with van der Waals surface area (Å²) in [6.07, 6.45) is 0.882. The standard InChI is InChI=1S/C17H15BrClNO2/c1-11-8-12-4-2-3-5-15(12)20(11)17(21)10-22-16-7-6-13(19)9-14(16)18/h2-7,9,11H,8,10H2,1H3. The molecular formula is C17H15BrClNO2. The second kappa shape index (κ2) is 6.31. The first-order valence-corrected chi connectivity index (χ1v) is 8.21. The molecule has 114 valence electrons. The van der Waals surface area contributed by atoms with Crippen molar-refractivity contribution in [2.45, 2.75) is 19.4 Å². The first-order valence-electron chi connectivity index (χ1n) is 7.04. The molecule has 1 atom stereocenters. The summed E-state index contributed by atoms with van der Waals surface area (Å²) in [5, 5.41) is 0.618. The topological polar surface area (TPSA) is 29.5 Å². The quantitative estimate of drug-likeness (QED) is 0.787. The van der Waals surface area contributed by atoms with E-state index in [-0.39, 0.29) is 18.6 Å². The molecule has 2 aromatic carbocycles. The maximum Gasteiger partial charge on any atom is 0.265 e. The Balaban J connectivity index is 1.72. The van der Waals surface area contributed by atoms with Crippen molar-refractivity contribution < 1.29 is 9.53 Å². The Kier molecular flexibility index (Phi) is 4.41. The molecule has 1 unspecified atom stereocenters. The zero-order valence-electron chi connectivity index (χ0n) is 12.1. The van der Waals surface area contributed by atoms with Gasteiger partial charge >= 0.3 is 0 Å². The van der Waals surface area contributed by atoms with E-state index in [0.29, 0.717) is 10.8 Å². The predicted molar refractivity (Wildman–Crippen MR) is 91.7 cm³/mol. The van der Waals surface area contributed by atoms with Crippen LogP contribution >= 0.6 is 27.5 Å². The van der Waals surface area contributed by atoms with E-state index >= 15 is 0 Å². The molecule has 0 saturated carbocycles. The number of amides is 1. The fourth-order valence-electron chi connectivity index (χ4n) is 2.75. The summed E-state index contributed by atoms with van der Waals surface area (Å²) in [6.45, 7) is 2.05. The lowest BCUT2D eigenvalue weighted by Gasteiger charge is -2.23. The Bertz CT molecular complexity index is 720. The number of rotatable bonds is 3. The average Bonchev–Trinajstić information content (AvgIpc) is 2.82. The van der Waals surface area contributed by atoms with Gasteiger partial charge in [-0.1, -0.05) is 29.8 Å². The molecule has 0 N–H and O–H groups in total. The number of carbonyl (C=O) groups is 1. The number of halogens is 2. The number of para-hydroxylation sites is 1. The van der Waals surface area contributed by atoms with Gasteiger partial charge in [-0.2, -0.15) is 0 Å². The van der Waals surface area contributed by atoms with Crippen LogP contribution < -0.4 is 9.64 Å². The maximum atomic E-state index is 12.5. The highest BCUT2D eigenvalue weighted by Gasteiger charge is 2.30. The predicted octanol–water partition coefficient (Wildman–Crippen LogP) is 4.46. The van der Waals surface area contributed by atoms with Gasteiger partial charge in [-0.05, 0) is 59.1 Å². The summed E-state index contributed by atoms with van der Waals surface area (Å²) in [7, 11) is 0. The van der Waals surface area contributed by atoms with Crippen molar-refractivity contribution in [3.05, 3.63) is 57.5 Å². The number of nitrogens with zero attached hydrogens (tertiary/aromatic N) is 1. The summed E-state index contributed by atoms with van der Waals surface area (Å²) < 4.78 is 6.37. The second-order valence-electron chi connectivity index (χ2n) is 5.31. The van der Waals surface area contributed by atoms with Gasteiger partial charge in [0.25, 0.3) is 5.91 Å². The minimum Gasteiger partial charge on any atom is -0.483 e.